The van der Waals surface area contributed by atoms with Gasteiger partial charge in [-0.05, 0) is 40.9 Å². The van der Waals surface area contributed by atoms with E-state index in [1.807, 2.05) is 32.0 Å². The van der Waals surface area contributed by atoms with Gasteiger partial charge in [0.15, 0.2) is 0 Å². The van der Waals surface area contributed by atoms with Crippen molar-refractivity contribution in [3.63, 3.8) is 0 Å². The molecule has 0 N–H and O–H groups in total. The number of halogens is 2. The molecule has 94 valence electrons. The largest absolute Gasteiger partial charge is 0.618 e. The van der Waals surface area contributed by atoms with Gasteiger partial charge in [-0.3, -0.25) is 0 Å². The molecule has 1 aromatic carbocycles. The molecule has 0 aliphatic rings. The highest BCUT2D eigenvalue weighted by Crippen LogP contribution is 2.33. The first-order valence-electron chi connectivity index (χ1n) is 5.31. The molecule has 0 aliphatic heterocycles. The summed E-state index contributed by atoms with van der Waals surface area (Å²) in [7, 11) is 0. The maximum absolute atomic E-state index is 11.5. The lowest BCUT2D eigenvalue weighted by atomic mass is 10.1. The van der Waals surface area contributed by atoms with Crippen LogP contribution in [0.3, 0.4) is 0 Å². The van der Waals surface area contributed by atoms with E-state index in [1.165, 1.54) is 6.20 Å². The first-order valence-corrected chi connectivity index (χ1v) is 6.90. The van der Waals surface area contributed by atoms with Crippen molar-refractivity contribution in [2.75, 3.05) is 0 Å². The molecule has 0 bridgehead atoms. The Kier molecular flexibility index (Phi) is 3.92. The van der Waals surface area contributed by atoms with E-state index in [-0.39, 0.29) is 0 Å². The third kappa shape index (κ3) is 2.67. The third-order valence-electron chi connectivity index (χ3n) is 2.55. The summed E-state index contributed by atoms with van der Waals surface area (Å²) < 4.78 is 7.69. The predicted octanol–water partition coefficient (Wildman–Crippen LogP) is 4.25. The number of ether oxygens (including phenoxy) is 1. The summed E-state index contributed by atoms with van der Waals surface area (Å²) in [6.45, 7) is 3.95. The number of aryl methyl sites for hydroxylation is 2. The number of nitrogens with zero attached hydrogens (tertiary/aromatic N) is 1. The summed E-state index contributed by atoms with van der Waals surface area (Å²) >= 11 is 6.54. The molecule has 2 rings (SSSR count). The average molecular weight is 373 g/mol. The first-order chi connectivity index (χ1) is 8.49. The zero-order valence-electron chi connectivity index (χ0n) is 9.91. The summed E-state index contributed by atoms with van der Waals surface area (Å²) in [6, 6.07) is 7.58. The van der Waals surface area contributed by atoms with Gasteiger partial charge >= 0.3 is 0 Å². The molecule has 0 unspecified atom stereocenters. The molecule has 0 fully saturated rings. The Morgan fingerprint density at radius 3 is 2.39 bits per heavy atom. The van der Waals surface area contributed by atoms with Gasteiger partial charge in [0.25, 0.3) is 4.60 Å². The Balaban J connectivity index is 2.43. The summed E-state index contributed by atoms with van der Waals surface area (Å²) in [6.07, 6.45) is 1.39. The highest BCUT2D eigenvalue weighted by molar-refractivity contribution is 9.11. The number of aromatic nitrogens is 1. The van der Waals surface area contributed by atoms with Crippen LogP contribution in [-0.4, -0.2) is 0 Å². The van der Waals surface area contributed by atoms with Crippen molar-refractivity contribution < 1.29 is 9.47 Å². The molecule has 1 aromatic heterocycles. The van der Waals surface area contributed by atoms with Crippen LogP contribution in [0.5, 0.6) is 11.5 Å². The second-order valence-corrected chi connectivity index (χ2v) is 5.62. The minimum Gasteiger partial charge on any atom is -0.618 e. The highest BCUT2D eigenvalue weighted by Gasteiger charge is 2.13. The fourth-order valence-corrected chi connectivity index (χ4v) is 2.65. The molecular weight excluding hydrogens is 362 g/mol. The molecule has 0 saturated carbocycles. The van der Waals surface area contributed by atoms with Gasteiger partial charge in [0, 0.05) is 22.0 Å². The highest BCUT2D eigenvalue weighted by atomic mass is 79.9. The van der Waals surface area contributed by atoms with Crippen molar-refractivity contribution >= 4 is 31.9 Å². The van der Waals surface area contributed by atoms with Crippen LogP contribution in [0.1, 0.15) is 11.1 Å². The molecule has 18 heavy (non-hydrogen) atoms. The number of rotatable bonds is 2. The molecule has 0 radical (unpaired) electrons. The van der Waals surface area contributed by atoms with E-state index in [0.29, 0.717) is 15.1 Å². The number of pyridine rings is 1. The van der Waals surface area contributed by atoms with Gasteiger partial charge in [-0.25, -0.2) is 0 Å². The molecule has 5 heteroatoms. The first kappa shape index (κ1) is 13.4. The van der Waals surface area contributed by atoms with E-state index in [2.05, 4.69) is 31.9 Å². The number of hydrogen-bond acceptors (Lipinski definition) is 2. The van der Waals surface area contributed by atoms with Gasteiger partial charge in [-0.2, -0.15) is 4.73 Å². The van der Waals surface area contributed by atoms with E-state index in [1.54, 1.807) is 6.07 Å². The van der Waals surface area contributed by atoms with Gasteiger partial charge in [0.2, 0.25) is 11.9 Å². The standard InChI is InChI=1S/C13H11Br2NO2/c1-8-4-3-5-9(2)13(8)18-11-7-16(17)12(15)6-10(11)14/h3-7H,1-2H3. The molecule has 0 saturated heterocycles. The van der Waals surface area contributed by atoms with Gasteiger partial charge in [-0.15, -0.1) is 0 Å². The Bertz CT molecular complexity index is 580. The second kappa shape index (κ2) is 5.28. The Labute approximate surface area is 122 Å². The summed E-state index contributed by atoms with van der Waals surface area (Å²) in [4.78, 5) is 0. The molecule has 0 amide bonds. The lowest BCUT2D eigenvalue weighted by molar-refractivity contribution is -0.617. The van der Waals surface area contributed by atoms with Crippen LogP contribution in [-0.2, 0) is 0 Å². The van der Waals surface area contributed by atoms with Crippen LogP contribution in [0.2, 0.25) is 0 Å². The van der Waals surface area contributed by atoms with Crippen molar-refractivity contribution in [1.29, 1.82) is 0 Å². The smallest absolute Gasteiger partial charge is 0.260 e. The van der Waals surface area contributed by atoms with Crippen LogP contribution >= 0.6 is 31.9 Å². The Morgan fingerprint density at radius 2 is 1.78 bits per heavy atom. The Morgan fingerprint density at radius 1 is 1.17 bits per heavy atom. The molecule has 3 nitrogen and oxygen atoms in total. The zero-order chi connectivity index (χ0) is 13.3. The maximum atomic E-state index is 11.5. The summed E-state index contributed by atoms with van der Waals surface area (Å²) in [5.74, 6) is 1.27. The fourth-order valence-electron chi connectivity index (χ4n) is 1.61. The molecule has 1 heterocycles. The molecular formula is C13H11Br2NO2. The lowest BCUT2D eigenvalue weighted by Crippen LogP contribution is -2.27. The molecule has 0 aliphatic carbocycles. The van der Waals surface area contributed by atoms with Crippen LogP contribution < -0.4 is 9.47 Å². The fraction of sp³-hybridized carbons (Fsp3) is 0.154. The second-order valence-electron chi connectivity index (χ2n) is 3.96. The number of para-hydroxylation sites is 1. The van der Waals surface area contributed by atoms with Crippen molar-refractivity contribution in [2.45, 2.75) is 13.8 Å². The lowest BCUT2D eigenvalue weighted by Gasteiger charge is -2.12. The molecule has 0 spiro atoms. The maximum Gasteiger partial charge on any atom is 0.260 e. The van der Waals surface area contributed by atoms with E-state index in [4.69, 9.17) is 4.74 Å². The minimum absolute atomic E-state index is 0.434. The normalized spacial score (nSPS) is 10.4. The number of hydrogen-bond donors (Lipinski definition) is 0. The predicted molar refractivity (Wildman–Crippen MR) is 76.8 cm³/mol. The van der Waals surface area contributed by atoms with Gasteiger partial charge in [0.1, 0.15) is 5.75 Å². The van der Waals surface area contributed by atoms with Crippen LogP contribution in [0.4, 0.5) is 0 Å². The van der Waals surface area contributed by atoms with E-state index >= 15 is 0 Å². The zero-order valence-corrected chi connectivity index (χ0v) is 13.1. The van der Waals surface area contributed by atoms with Gasteiger partial charge in [-0.1, -0.05) is 18.2 Å². The van der Waals surface area contributed by atoms with Crippen molar-refractivity contribution in [3.05, 3.63) is 55.9 Å². The van der Waals surface area contributed by atoms with E-state index in [0.717, 1.165) is 21.3 Å². The SMILES string of the molecule is Cc1cccc(C)c1Oc1c[n+]([O-])c(Br)cc1Br. The van der Waals surface area contributed by atoms with Gasteiger partial charge in [0.05, 0.1) is 4.47 Å². The van der Waals surface area contributed by atoms with Crippen LogP contribution in [0.15, 0.2) is 39.5 Å². The topological polar surface area (TPSA) is 36.2 Å². The summed E-state index contributed by atoms with van der Waals surface area (Å²) in [5, 5.41) is 11.5. The number of benzene rings is 1. The summed E-state index contributed by atoms with van der Waals surface area (Å²) in [5.41, 5.74) is 2.06. The molecule has 0 atom stereocenters. The van der Waals surface area contributed by atoms with E-state index in [9.17, 15) is 5.21 Å². The molecule has 2 aromatic rings. The monoisotopic (exact) mass is 371 g/mol. The average Bonchev–Trinajstić information content (AvgIpc) is 2.30. The third-order valence-corrected chi connectivity index (χ3v) is 3.75. The van der Waals surface area contributed by atoms with Crippen molar-refractivity contribution in [3.8, 4) is 11.5 Å². The van der Waals surface area contributed by atoms with Gasteiger partial charge < -0.3 is 9.94 Å². The quantitative estimate of drug-likeness (QED) is 0.448. The van der Waals surface area contributed by atoms with Crippen LogP contribution in [0, 0.1) is 19.1 Å². The Hall–Kier alpha value is -1.07. The van der Waals surface area contributed by atoms with Crippen LogP contribution in [0.25, 0.3) is 0 Å². The van der Waals surface area contributed by atoms with E-state index < -0.39 is 0 Å². The van der Waals surface area contributed by atoms with Crippen molar-refractivity contribution in [2.24, 2.45) is 0 Å². The minimum atomic E-state index is 0.434. The van der Waals surface area contributed by atoms with Crippen molar-refractivity contribution in [1.82, 2.24) is 0 Å².